The van der Waals surface area contributed by atoms with Gasteiger partial charge in [0.2, 0.25) is 0 Å². The SMILES string of the molecule is Cc1ncccc1-c1nc(-c2ccc(C(F)(F)F)nc2)cc2c(=O)n(CCO)cnc12. The van der Waals surface area contributed by atoms with Gasteiger partial charge in [-0.3, -0.25) is 19.3 Å². The van der Waals surface area contributed by atoms with Gasteiger partial charge in [-0.15, -0.1) is 0 Å². The fourth-order valence-corrected chi connectivity index (χ4v) is 3.22. The molecule has 31 heavy (non-hydrogen) atoms. The smallest absolute Gasteiger partial charge is 0.395 e. The molecule has 4 aromatic heterocycles. The monoisotopic (exact) mass is 427 g/mol. The molecule has 0 amide bonds. The Morgan fingerprint density at radius 1 is 1.13 bits per heavy atom. The van der Waals surface area contributed by atoms with Crippen molar-refractivity contribution in [2.75, 3.05) is 6.61 Å². The number of aliphatic hydroxyl groups is 1. The summed E-state index contributed by atoms with van der Waals surface area (Å²) >= 11 is 0. The van der Waals surface area contributed by atoms with Crippen molar-refractivity contribution in [2.24, 2.45) is 0 Å². The lowest BCUT2D eigenvalue weighted by molar-refractivity contribution is -0.141. The zero-order valence-corrected chi connectivity index (χ0v) is 16.3. The molecule has 1 N–H and O–H groups in total. The molecule has 0 unspecified atom stereocenters. The first-order valence-corrected chi connectivity index (χ1v) is 9.26. The van der Waals surface area contributed by atoms with Crippen molar-refractivity contribution in [2.45, 2.75) is 19.6 Å². The third-order valence-corrected chi connectivity index (χ3v) is 4.76. The number of aryl methyl sites for hydroxylation is 1. The van der Waals surface area contributed by atoms with E-state index in [1.54, 1.807) is 25.3 Å². The average Bonchev–Trinajstić information content (AvgIpc) is 2.75. The number of hydrogen-bond acceptors (Lipinski definition) is 6. The van der Waals surface area contributed by atoms with Crippen LogP contribution in [-0.4, -0.2) is 36.2 Å². The second-order valence-electron chi connectivity index (χ2n) is 6.79. The van der Waals surface area contributed by atoms with Crippen LogP contribution in [0.3, 0.4) is 0 Å². The first kappa shape index (κ1) is 20.6. The van der Waals surface area contributed by atoms with Gasteiger partial charge in [0.25, 0.3) is 5.56 Å². The van der Waals surface area contributed by atoms with Crippen molar-refractivity contribution in [3.63, 3.8) is 0 Å². The molecular formula is C21H16F3N5O2. The van der Waals surface area contributed by atoms with Crippen molar-refractivity contribution >= 4 is 10.9 Å². The Labute approximate surface area is 173 Å². The minimum Gasteiger partial charge on any atom is -0.395 e. The molecule has 0 saturated carbocycles. The highest BCUT2D eigenvalue weighted by Gasteiger charge is 2.32. The molecular weight excluding hydrogens is 411 g/mol. The predicted octanol–water partition coefficient (Wildman–Crippen LogP) is 3.24. The Kier molecular flexibility index (Phi) is 5.24. The zero-order chi connectivity index (χ0) is 22.2. The molecule has 0 atom stereocenters. The van der Waals surface area contributed by atoms with E-state index < -0.39 is 17.4 Å². The number of nitrogens with zero attached hydrogens (tertiary/aromatic N) is 5. The first-order valence-electron chi connectivity index (χ1n) is 9.26. The molecule has 7 nitrogen and oxygen atoms in total. The van der Waals surface area contributed by atoms with Crippen molar-refractivity contribution in [1.82, 2.24) is 24.5 Å². The number of aromatic nitrogens is 5. The van der Waals surface area contributed by atoms with Gasteiger partial charge in [0.1, 0.15) is 11.2 Å². The van der Waals surface area contributed by atoms with Crippen molar-refractivity contribution in [3.8, 4) is 22.5 Å². The molecule has 4 aromatic rings. The molecule has 0 bridgehead atoms. The highest BCUT2D eigenvalue weighted by molar-refractivity contribution is 5.93. The number of alkyl halides is 3. The van der Waals surface area contributed by atoms with E-state index in [9.17, 15) is 23.1 Å². The molecule has 4 rings (SSSR count). The molecule has 10 heteroatoms. The van der Waals surface area contributed by atoms with Crippen LogP contribution >= 0.6 is 0 Å². The molecule has 0 saturated heterocycles. The van der Waals surface area contributed by atoms with Crippen LogP contribution in [0.25, 0.3) is 33.4 Å². The normalized spacial score (nSPS) is 11.8. The lowest BCUT2D eigenvalue weighted by atomic mass is 10.0. The Balaban J connectivity index is 1.99. The van der Waals surface area contributed by atoms with E-state index in [1.165, 1.54) is 23.0 Å². The van der Waals surface area contributed by atoms with Gasteiger partial charge in [-0.25, -0.2) is 9.97 Å². The van der Waals surface area contributed by atoms with E-state index in [2.05, 4.69) is 19.9 Å². The number of pyridine rings is 3. The molecule has 0 aliphatic rings. The maximum absolute atomic E-state index is 13.0. The van der Waals surface area contributed by atoms with Crippen LogP contribution in [-0.2, 0) is 12.7 Å². The van der Waals surface area contributed by atoms with Crippen LogP contribution in [0.1, 0.15) is 11.4 Å². The van der Waals surface area contributed by atoms with Crippen LogP contribution < -0.4 is 5.56 Å². The lowest BCUT2D eigenvalue weighted by Crippen LogP contribution is -2.22. The minimum absolute atomic E-state index is 0.0581. The minimum atomic E-state index is -4.56. The fraction of sp³-hybridized carbons (Fsp3) is 0.190. The fourth-order valence-electron chi connectivity index (χ4n) is 3.22. The number of halogens is 3. The number of fused-ring (bicyclic) bond motifs is 1. The third kappa shape index (κ3) is 3.89. The van der Waals surface area contributed by atoms with Crippen molar-refractivity contribution in [3.05, 3.63) is 70.8 Å². The summed E-state index contributed by atoms with van der Waals surface area (Å²) in [6.45, 7) is 1.59. The molecule has 0 fully saturated rings. The number of aliphatic hydroxyl groups excluding tert-OH is 1. The molecule has 158 valence electrons. The maximum atomic E-state index is 13.0. The van der Waals surface area contributed by atoms with Gasteiger partial charge in [-0.1, -0.05) is 0 Å². The molecule has 0 radical (unpaired) electrons. The van der Waals surface area contributed by atoms with Crippen molar-refractivity contribution < 1.29 is 18.3 Å². The standard InChI is InChI=1S/C21H16F3N5O2/c1-12-14(3-2-6-25-12)19-18-15(20(31)29(7-8-30)11-27-18)9-16(28-19)13-4-5-17(26-10-13)21(22,23)24/h2-6,9-11,30H,7-8H2,1H3. The largest absolute Gasteiger partial charge is 0.433 e. The van der Waals surface area contributed by atoms with Gasteiger partial charge < -0.3 is 5.11 Å². The summed E-state index contributed by atoms with van der Waals surface area (Å²) in [6, 6.07) is 7.09. The Hall–Kier alpha value is -3.66. The Morgan fingerprint density at radius 3 is 2.58 bits per heavy atom. The predicted molar refractivity (Wildman–Crippen MR) is 107 cm³/mol. The Bertz CT molecular complexity index is 1320. The zero-order valence-electron chi connectivity index (χ0n) is 16.3. The summed E-state index contributed by atoms with van der Waals surface area (Å²) in [6.07, 6.45) is -0.543. The number of rotatable bonds is 4. The van der Waals surface area contributed by atoms with E-state index in [1.807, 2.05) is 0 Å². The van der Waals surface area contributed by atoms with Gasteiger partial charge in [0.05, 0.1) is 36.3 Å². The molecule has 0 aromatic carbocycles. The molecule has 0 aliphatic carbocycles. The summed E-state index contributed by atoms with van der Waals surface area (Å²) in [7, 11) is 0. The summed E-state index contributed by atoms with van der Waals surface area (Å²) in [5.74, 6) is 0. The van der Waals surface area contributed by atoms with E-state index in [0.717, 1.165) is 12.3 Å². The van der Waals surface area contributed by atoms with Crippen LogP contribution in [0.15, 0.2) is 53.8 Å². The van der Waals surface area contributed by atoms with E-state index in [4.69, 9.17) is 0 Å². The quantitative estimate of drug-likeness (QED) is 0.538. The maximum Gasteiger partial charge on any atom is 0.433 e. The molecule has 4 heterocycles. The second kappa shape index (κ2) is 7.88. The van der Waals surface area contributed by atoms with Crippen LogP contribution in [0, 0.1) is 6.92 Å². The van der Waals surface area contributed by atoms with Gasteiger partial charge >= 0.3 is 6.18 Å². The first-order chi connectivity index (χ1) is 14.8. The molecule has 0 spiro atoms. The van der Waals surface area contributed by atoms with E-state index >= 15 is 0 Å². The van der Waals surface area contributed by atoms with Gasteiger partial charge in [0, 0.05) is 29.2 Å². The van der Waals surface area contributed by atoms with Crippen LogP contribution in [0.4, 0.5) is 13.2 Å². The van der Waals surface area contributed by atoms with E-state index in [0.29, 0.717) is 28.0 Å². The topological polar surface area (TPSA) is 93.8 Å². The highest BCUT2D eigenvalue weighted by atomic mass is 19.4. The van der Waals surface area contributed by atoms with Gasteiger partial charge in [0.15, 0.2) is 0 Å². The van der Waals surface area contributed by atoms with Gasteiger partial charge in [-0.2, -0.15) is 13.2 Å². The van der Waals surface area contributed by atoms with Gasteiger partial charge in [-0.05, 0) is 37.3 Å². The molecule has 0 aliphatic heterocycles. The summed E-state index contributed by atoms with van der Waals surface area (Å²) in [5.41, 5.74) is 1.17. The van der Waals surface area contributed by atoms with Crippen molar-refractivity contribution in [1.29, 1.82) is 0 Å². The second-order valence-corrected chi connectivity index (χ2v) is 6.79. The van der Waals surface area contributed by atoms with Crippen LogP contribution in [0.2, 0.25) is 0 Å². The van der Waals surface area contributed by atoms with E-state index in [-0.39, 0.29) is 24.2 Å². The summed E-state index contributed by atoms with van der Waals surface area (Å²) in [5, 5.41) is 9.42. The van der Waals surface area contributed by atoms with Crippen LogP contribution in [0.5, 0.6) is 0 Å². The summed E-state index contributed by atoms with van der Waals surface area (Å²) < 4.78 is 39.9. The highest BCUT2D eigenvalue weighted by Crippen LogP contribution is 2.31. The lowest BCUT2D eigenvalue weighted by Gasteiger charge is -2.12. The summed E-state index contributed by atoms with van der Waals surface area (Å²) in [4.78, 5) is 29.6. The Morgan fingerprint density at radius 2 is 1.94 bits per heavy atom. The number of hydrogen-bond donors (Lipinski definition) is 1. The third-order valence-electron chi connectivity index (χ3n) is 4.76. The average molecular weight is 427 g/mol.